The number of carbonyl (C=O) groups is 1. The van der Waals surface area contributed by atoms with E-state index in [0.29, 0.717) is 27.9 Å². The van der Waals surface area contributed by atoms with Crippen molar-refractivity contribution < 1.29 is 19.0 Å². The van der Waals surface area contributed by atoms with Gasteiger partial charge in [-0.15, -0.1) is 0 Å². The van der Waals surface area contributed by atoms with Crippen LogP contribution in [0.2, 0.25) is 0 Å². The average Bonchev–Trinajstić information content (AvgIpc) is 2.71. The number of hydrogen-bond acceptors (Lipinski definition) is 5. The van der Waals surface area contributed by atoms with E-state index in [0.717, 1.165) is 25.1 Å². The summed E-state index contributed by atoms with van der Waals surface area (Å²) < 4.78 is 15.9. The highest BCUT2D eigenvalue weighted by Crippen LogP contribution is 2.38. The Morgan fingerprint density at radius 1 is 1.07 bits per heavy atom. The zero-order valence-corrected chi connectivity index (χ0v) is 16.4. The van der Waals surface area contributed by atoms with Gasteiger partial charge in [-0.25, -0.2) is 0 Å². The van der Waals surface area contributed by atoms with Gasteiger partial charge in [0.25, 0.3) is 5.91 Å². The van der Waals surface area contributed by atoms with Crippen LogP contribution in [-0.4, -0.2) is 38.9 Å². The van der Waals surface area contributed by atoms with Crippen LogP contribution in [0.3, 0.4) is 0 Å². The van der Waals surface area contributed by atoms with Crippen LogP contribution < -0.4 is 24.4 Å². The molecule has 6 nitrogen and oxygen atoms in total. The number of rotatable bonds is 4. The summed E-state index contributed by atoms with van der Waals surface area (Å²) in [6.07, 6.45) is 1.99. The summed E-state index contributed by atoms with van der Waals surface area (Å²) in [5.41, 5.74) is 2.64. The topological polar surface area (TPSA) is 60.0 Å². The summed E-state index contributed by atoms with van der Waals surface area (Å²) in [4.78, 5) is 14.7. The molecule has 1 aliphatic rings. The van der Waals surface area contributed by atoms with Gasteiger partial charge in [0.1, 0.15) is 0 Å². The first-order valence-corrected chi connectivity index (χ1v) is 9.00. The summed E-state index contributed by atoms with van der Waals surface area (Å²) in [5, 5.41) is 3.19. The largest absolute Gasteiger partial charge is 0.493 e. The molecule has 0 fully saturated rings. The van der Waals surface area contributed by atoms with Crippen molar-refractivity contribution in [3.63, 3.8) is 0 Å². The number of benzene rings is 2. The minimum absolute atomic E-state index is 0.331. The van der Waals surface area contributed by atoms with E-state index < -0.39 is 0 Å². The first-order chi connectivity index (χ1) is 13.1. The van der Waals surface area contributed by atoms with Crippen LogP contribution in [-0.2, 0) is 6.42 Å². The van der Waals surface area contributed by atoms with Crippen LogP contribution in [0.15, 0.2) is 36.4 Å². The Morgan fingerprint density at radius 3 is 2.37 bits per heavy atom. The van der Waals surface area contributed by atoms with Gasteiger partial charge in [-0.2, -0.15) is 0 Å². The van der Waals surface area contributed by atoms with Gasteiger partial charge in [0, 0.05) is 17.8 Å². The van der Waals surface area contributed by atoms with Crippen molar-refractivity contribution in [3.05, 3.63) is 47.5 Å². The predicted octanol–water partition coefficient (Wildman–Crippen LogP) is 3.18. The van der Waals surface area contributed by atoms with Crippen LogP contribution in [0.5, 0.6) is 17.2 Å². The number of thiocarbonyl (C=S) groups is 1. The molecule has 0 spiro atoms. The second-order valence-electron chi connectivity index (χ2n) is 6.06. The number of hydrogen-bond donors (Lipinski definition) is 1. The Kier molecular flexibility index (Phi) is 5.81. The monoisotopic (exact) mass is 386 g/mol. The fourth-order valence-electron chi connectivity index (χ4n) is 3.19. The molecule has 2 aromatic rings. The molecule has 3 rings (SSSR count). The third kappa shape index (κ3) is 3.83. The lowest BCUT2D eigenvalue weighted by atomic mass is 10.0. The first-order valence-electron chi connectivity index (χ1n) is 8.59. The zero-order chi connectivity index (χ0) is 19.4. The molecule has 0 aromatic heterocycles. The maximum Gasteiger partial charge on any atom is 0.257 e. The lowest BCUT2D eigenvalue weighted by molar-refractivity contribution is 0.0976. The molecule has 0 unspecified atom stereocenters. The van der Waals surface area contributed by atoms with E-state index in [1.807, 2.05) is 23.1 Å². The summed E-state index contributed by atoms with van der Waals surface area (Å²) in [5.74, 6) is 0.930. The van der Waals surface area contributed by atoms with Crippen molar-refractivity contribution in [3.8, 4) is 17.2 Å². The highest BCUT2D eigenvalue weighted by molar-refractivity contribution is 7.80. The SMILES string of the molecule is COc1cc(C(=O)NC(=S)N2CCCc3ccccc32)cc(OC)c1OC. The highest BCUT2D eigenvalue weighted by Gasteiger charge is 2.23. The van der Waals surface area contributed by atoms with E-state index in [-0.39, 0.29) is 5.91 Å². The average molecular weight is 386 g/mol. The number of nitrogens with one attached hydrogen (secondary N) is 1. The van der Waals surface area contributed by atoms with Crippen LogP contribution in [0.1, 0.15) is 22.3 Å². The number of ether oxygens (including phenoxy) is 3. The van der Waals surface area contributed by atoms with E-state index in [2.05, 4.69) is 11.4 Å². The molecule has 1 heterocycles. The third-order valence-electron chi connectivity index (χ3n) is 4.50. The Bertz CT molecular complexity index is 844. The molecular weight excluding hydrogens is 364 g/mol. The van der Waals surface area contributed by atoms with E-state index >= 15 is 0 Å². The predicted molar refractivity (Wildman–Crippen MR) is 108 cm³/mol. The van der Waals surface area contributed by atoms with E-state index in [1.54, 1.807) is 12.1 Å². The molecule has 0 bridgehead atoms. The van der Waals surface area contributed by atoms with E-state index in [4.69, 9.17) is 26.4 Å². The van der Waals surface area contributed by atoms with Crippen LogP contribution in [0.25, 0.3) is 0 Å². The van der Waals surface area contributed by atoms with Gasteiger partial charge in [-0.1, -0.05) is 18.2 Å². The Labute approximate surface area is 164 Å². The van der Waals surface area contributed by atoms with Gasteiger partial charge in [0.05, 0.1) is 21.3 Å². The molecular formula is C20H22N2O4S. The lowest BCUT2D eigenvalue weighted by Crippen LogP contribution is -2.45. The molecule has 7 heteroatoms. The van der Waals surface area contributed by atoms with E-state index in [1.165, 1.54) is 26.9 Å². The standard InChI is InChI=1S/C20H22N2O4S/c1-24-16-11-14(12-17(25-2)18(16)26-3)19(23)21-20(27)22-10-6-8-13-7-4-5-9-15(13)22/h4-5,7,9,11-12H,6,8,10H2,1-3H3,(H,21,23,27). The van der Waals surface area contributed by atoms with Crippen LogP contribution >= 0.6 is 12.2 Å². The van der Waals surface area contributed by atoms with Gasteiger partial charge in [0.15, 0.2) is 16.6 Å². The highest BCUT2D eigenvalue weighted by atomic mass is 32.1. The van der Waals surface area contributed by atoms with Crippen molar-refractivity contribution in [2.45, 2.75) is 12.8 Å². The lowest BCUT2D eigenvalue weighted by Gasteiger charge is -2.31. The van der Waals surface area contributed by atoms with Crippen LogP contribution in [0.4, 0.5) is 5.69 Å². The second kappa shape index (κ2) is 8.26. The molecule has 1 amide bonds. The van der Waals surface area contributed by atoms with Crippen molar-refractivity contribution in [1.82, 2.24) is 5.32 Å². The maximum absolute atomic E-state index is 12.8. The molecule has 1 N–H and O–H groups in total. The number of para-hydroxylation sites is 1. The van der Waals surface area contributed by atoms with Gasteiger partial charge >= 0.3 is 0 Å². The fraction of sp³-hybridized carbons (Fsp3) is 0.300. The maximum atomic E-state index is 12.8. The van der Waals surface area contributed by atoms with E-state index in [9.17, 15) is 4.79 Å². The Morgan fingerprint density at radius 2 is 1.74 bits per heavy atom. The molecule has 27 heavy (non-hydrogen) atoms. The zero-order valence-electron chi connectivity index (χ0n) is 15.6. The Balaban J connectivity index is 1.83. The number of methoxy groups -OCH3 is 3. The molecule has 0 saturated carbocycles. The number of amides is 1. The summed E-state index contributed by atoms with van der Waals surface area (Å²) in [6.45, 7) is 0.769. The van der Waals surface area contributed by atoms with Gasteiger partial charge < -0.3 is 19.1 Å². The summed E-state index contributed by atoms with van der Waals surface area (Å²) in [7, 11) is 4.53. The van der Waals surface area contributed by atoms with Crippen molar-refractivity contribution in [1.29, 1.82) is 0 Å². The number of anilines is 1. The normalized spacial score (nSPS) is 12.8. The molecule has 142 valence electrons. The smallest absolute Gasteiger partial charge is 0.257 e. The number of nitrogens with zero attached hydrogens (tertiary/aromatic N) is 1. The number of aryl methyl sites for hydroxylation is 1. The number of carbonyl (C=O) groups excluding carboxylic acids is 1. The van der Waals surface area contributed by atoms with Crippen molar-refractivity contribution in [2.75, 3.05) is 32.8 Å². The Hall–Kier alpha value is -2.80. The third-order valence-corrected chi connectivity index (χ3v) is 4.83. The van der Waals surface area contributed by atoms with Crippen molar-refractivity contribution in [2.24, 2.45) is 0 Å². The molecule has 2 aromatic carbocycles. The van der Waals surface area contributed by atoms with Gasteiger partial charge in [-0.05, 0) is 48.8 Å². The fourth-order valence-corrected chi connectivity index (χ4v) is 3.48. The summed E-state index contributed by atoms with van der Waals surface area (Å²) in [6, 6.07) is 11.3. The molecule has 0 aliphatic carbocycles. The molecule has 0 radical (unpaired) electrons. The number of fused-ring (bicyclic) bond motifs is 1. The molecule has 0 atom stereocenters. The van der Waals surface area contributed by atoms with Gasteiger partial charge in [0.2, 0.25) is 5.75 Å². The van der Waals surface area contributed by atoms with Crippen molar-refractivity contribution >= 4 is 28.9 Å². The summed E-state index contributed by atoms with van der Waals surface area (Å²) >= 11 is 5.50. The minimum atomic E-state index is -0.331. The van der Waals surface area contributed by atoms with Crippen LogP contribution in [0, 0.1) is 0 Å². The minimum Gasteiger partial charge on any atom is -0.493 e. The molecule has 0 saturated heterocycles. The second-order valence-corrected chi connectivity index (χ2v) is 6.44. The molecule has 1 aliphatic heterocycles. The first kappa shape index (κ1) is 19.0. The van der Waals surface area contributed by atoms with Gasteiger partial charge in [-0.3, -0.25) is 10.1 Å². The quantitative estimate of drug-likeness (QED) is 0.815.